The summed E-state index contributed by atoms with van der Waals surface area (Å²) in [5.41, 5.74) is -0.678. The van der Waals surface area contributed by atoms with Crippen LogP contribution in [0.15, 0.2) is 0 Å². The highest BCUT2D eigenvalue weighted by Gasteiger charge is 2.24. The molecule has 6 nitrogen and oxygen atoms in total. The average molecular weight is 487 g/mol. The monoisotopic (exact) mass is 486 g/mol. The molecule has 0 aliphatic rings. The molecular formula is C28H54O6. The van der Waals surface area contributed by atoms with Gasteiger partial charge in [0.05, 0.1) is 11.7 Å². The van der Waals surface area contributed by atoms with Gasteiger partial charge in [0.1, 0.15) is 6.10 Å². The van der Waals surface area contributed by atoms with Gasteiger partial charge in [-0.1, -0.05) is 84.5 Å². The summed E-state index contributed by atoms with van der Waals surface area (Å²) in [7, 11) is 0. The number of rotatable bonds is 23. The average Bonchev–Trinajstić information content (AvgIpc) is 2.73. The van der Waals surface area contributed by atoms with Gasteiger partial charge < -0.3 is 20.1 Å². The summed E-state index contributed by atoms with van der Waals surface area (Å²) in [6.07, 6.45) is 14.5. The van der Waals surface area contributed by atoms with Gasteiger partial charge in [-0.05, 0) is 51.9 Å². The smallest absolute Gasteiger partial charge is 0.306 e. The Hall–Kier alpha value is -1.14. The van der Waals surface area contributed by atoms with E-state index in [2.05, 4.69) is 6.92 Å². The second-order valence-electron chi connectivity index (χ2n) is 10.9. The third-order valence-electron chi connectivity index (χ3n) is 6.45. The van der Waals surface area contributed by atoms with Crippen molar-refractivity contribution in [1.29, 1.82) is 0 Å². The fourth-order valence-electron chi connectivity index (χ4n) is 4.29. The largest absolute Gasteiger partial charge is 0.481 e. The van der Waals surface area contributed by atoms with Gasteiger partial charge in [-0.15, -0.1) is 0 Å². The van der Waals surface area contributed by atoms with Crippen LogP contribution in [0.3, 0.4) is 0 Å². The van der Waals surface area contributed by atoms with E-state index in [0.29, 0.717) is 32.1 Å². The molecular weight excluding hydrogens is 432 g/mol. The number of hydrogen-bond donors (Lipinski definition) is 3. The molecule has 0 amide bonds. The summed E-state index contributed by atoms with van der Waals surface area (Å²) >= 11 is 0. The fourth-order valence-corrected chi connectivity index (χ4v) is 4.29. The van der Waals surface area contributed by atoms with Crippen molar-refractivity contribution in [2.75, 3.05) is 0 Å². The van der Waals surface area contributed by atoms with Crippen LogP contribution in [0.5, 0.6) is 0 Å². The Bertz CT molecular complexity index is 514. The lowest BCUT2D eigenvalue weighted by molar-refractivity contribution is -0.157. The van der Waals surface area contributed by atoms with Crippen molar-refractivity contribution < 1.29 is 29.6 Å². The van der Waals surface area contributed by atoms with Crippen molar-refractivity contribution in [1.82, 2.24) is 0 Å². The van der Waals surface area contributed by atoms with Crippen LogP contribution >= 0.6 is 0 Å². The van der Waals surface area contributed by atoms with Gasteiger partial charge in [-0.25, -0.2) is 0 Å². The molecule has 34 heavy (non-hydrogen) atoms. The van der Waals surface area contributed by atoms with Crippen molar-refractivity contribution in [3.05, 3.63) is 0 Å². The molecule has 6 heteroatoms. The van der Waals surface area contributed by atoms with Crippen LogP contribution in [0.2, 0.25) is 0 Å². The predicted octanol–water partition coefficient (Wildman–Crippen LogP) is 6.79. The molecule has 0 heterocycles. The number of carbonyl (C=O) groups is 2. The van der Waals surface area contributed by atoms with Gasteiger partial charge in [-0.3, -0.25) is 9.59 Å². The second-order valence-corrected chi connectivity index (χ2v) is 10.9. The Morgan fingerprint density at radius 2 is 1.38 bits per heavy atom. The fraction of sp³-hybridized carbons (Fsp3) is 0.929. The van der Waals surface area contributed by atoms with Crippen LogP contribution in [0.4, 0.5) is 0 Å². The second kappa shape index (κ2) is 20.1. The molecule has 0 spiro atoms. The Morgan fingerprint density at radius 1 is 0.824 bits per heavy atom. The van der Waals surface area contributed by atoms with Crippen molar-refractivity contribution in [2.45, 2.75) is 161 Å². The van der Waals surface area contributed by atoms with E-state index in [1.807, 2.05) is 6.92 Å². The number of hydrogen-bond acceptors (Lipinski definition) is 5. The van der Waals surface area contributed by atoms with E-state index in [9.17, 15) is 19.8 Å². The number of ether oxygens (including phenoxy) is 1. The molecule has 0 aromatic rings. The van der Waals surface area contributed by atoms with Gasteiger partial charge in [0.2, 0.25) is 0 Å². The lowest BCUT2D eigenvalue weighted by Gasteiger charge is -2.24. The molecule has 0 aromatic heterocycles. The highest BCUT2D eigenvalue weighted by Crippen LogP contribution is 2.21. The summed E-state index contributed by atoms with van der Waals surface area (Å²) < 4.78 is 5.78. The zero-order valence-electron chi connectivity index (χ0n) is 22.5. The molecule has 0 rings (SSSR count). The summed E-state index contributed by atoms with van der Waals surface area (Å²) in [6, 6.07) is 0. The third kappa shape index (κ3) is 21.4. The van der Waals surface area contributed by atoms with Gasteiger partial charge in [0, 0.05) is 12.8 Å². The molecule has 3 unspecified atom stereocenters. The molecule has 0 bridgehead atoms. The highest BCUT2D eigenvalue weighted by molar-refractivity contribution is 5.69. The van der Waals surface area contributed by atoms with Crippen LogP contribution in [0.25, 0.3) is 0 Å². The minimum atomic E-state index is -0.749. The first-order chi connectivity index (χ1) is 16.0. The van der Waals surface area contributed by atoms with Crippen molar-refractivity contribution in [3.8, 4) is 0 Å². The molecule has 3 atom stereocenters. The van der Waals surface area contributed by atoms with Crippen LogP contribution in [0, 0.1) is 5.92 Å². The molecule has 0 aliphatic carbocycles. The van der Waals surface area contributed by atoms with E-state index in [1.54, 1.807) is 13.8 Å². The lowest BCUT2D eigenvalue weighted by atomic mass is 9.95. The van der Waals surface area contributed by atoms with Crippen LogP contribution in [0.1, 0.15) is 143 Å². The number of aliphatic hydroxyl groups is 2. The molecule has 0 aromatic carbocycles. The summed E-state index contributed by atoms with van der Waals surface area (Å²) in [5.74, 6) is -0.798. The Morgan fingerprint density at radius 3 is 1.97 bits per heavy atom. The zero-order valence-corrected chi connectivity index (χ0v) is 22.5. The van der Waals surface area contributed by atoms with Gasteiger partial charge >= 0.3 is 11.9 Å². The van der Waals surface area contributed by atoms with Gasteiger partial charge in [-0.2, -0.15) is 0 Å². The Balaban J connectivity index is 4.45. The first-order valence-electron chi connectivity index (χ1n) is 13.9. The van der Waals surface area contributed by atoms with E-state index < -0.39 is 23.8 Å². The SMILES string of the molecule is CCCCCCCCC(OC(=O)CC(C)CCCC(C)(C)O)C(O)CCCCCCCC(=O)O. The maximum Gasteiger partial charge on any atom is 0.306 e. The number of esters is 1. The van der Waals surface area contributed by atoms with E-state index >= 15 is 0 Å². The zero-order chi connectivity index (χ0) is 25.8. The maximum absolute atomic E-state index is 12.6. The minimum absolute atomic E-state index is 0.187. The van der Waals surface area contributed by atoms with E-state index in [1.165, 1.54) is 25.7 Å². The summed E-state index contributed by atoms with van der Waals surface area (Å²) in [5, 5.41) is 29.3. The van der Waals surface area contributed by atoms with Crippen molar-refractivity contribution >= 4 is 11.9 Å². The molecule has 0 aliphatic heterocycles. The van der Waals surface area contributed by atoms with Gasteiger partial charge in [0.15, 0.2) is 0 Å². The standard InChI is InChI=1S/C28H54O6/c1-5-6-7-8-11-14-19-25(24(29)18-13-10-9-12-15-20-26(30)31)34-27(32)22-23(2)17-16-21-28(3,4)33/h23-25,29,33H,5-22H2,1-4H3,(H,30,31). The van der Waals surface area contributed by atoms with E-state index in [4.69, 9.17) is 9.84 Å². The van der Waals surface area contributed by atoms with E-state index in [0.717, 1.165) is 51.4 Å². The molecule has 0 radical (unpaired) electrons. The number of aliphatic hydroxyl groups excluding tert-OH is 1. The van der Waals surface area contributed by atoms with E-state index in [-0.39, 0.29) is 18.3 Å². The molecule has 0 saturated carbocycles. The normalized spacial score (nSPS) is 14.5. The maximum atomic E-state index is 12.6. The van der Waals surface area contributed by atoms with Crippen molar-refractivity contribution in [2.24, 2.45) is 5.92 Å². The van der Waals surface area contributed by atoms with Crippen LogP contribution in [-0.4, -0.2) is 45.1 Å². The topological polar surface area (TPSA) is 104 Å². The quantitative estimate of drug-likeness (QED) is 0.108. The first kappa shape index (κ1) is 32.9. The number of carbonyl (C=O) groups excluding carboxylic acids is 1. The lowest BCUT2D eigenvalue weighted by Crippen LogP contribution is -2.32. The van der Waals surface area contributed by atoms with Gasteiger partial charge in [0.25, 0.3) is 0 Å². The first-order valence-corrected chi connectivity index (χ1v) is 13.9. The van der Waals surface area contributed by atoms with Crippen LogP contribution < -0.4 is 0 Å². The number of carboxylic acids is 1. The Labute approximate surface area is 208 Å². The highest BCUT2D eigenvalue weighted by atomic mass is 16.6. The van der Waals surface area contributed by atoms with Crippen LogP contribution in [-0.2, 0) is 14.3 Å². The minimum Gasteiger partial charge on any atom is -0.481 e. The predicted molar refractivity (Wildman–Crippen MR) is 138 cm³/mol. The number of carboxylic acid groups (broad SMARTS) is 1. The number of aliphatic carboxylic acids is 1. The molecule has 202 valence electrons. The molecule has 0 fully saturated rings. The Kier molecular flexibility index (Phi) is 19.4. The third-order valence-corrected chi connectivity index (χ3v) is 6.45. The molecule has 3 N–H and O–H groups in total. The molecule has 0 saturated heterocycles. The summed E-state index contributed by atoms with van der Waals surface area (Å²) in [6.45, 7) is 7.84. The summed E-state index contributed by atoms with van der Waals surface area (Å²) in [4.78, 5) is 23.1. The van der Waals surface area contributed by atoms with Crippen molar-refractivity contribution in [3.63, 3.8) is 0 Å². The number of unbranched alkanes of at least 4 members (excludes halogenated alkanes) is 9.